The Morgan fingerprint density at radius 1 is 1.19 bits per heavy atom. The van der Waals surface area contributed by atoms with Gasteiger partial charge in [0.2, 0.25) is 0 Å². The van der Waals surface area contributed by atoms with Gasteiger partial charge in [0.25, 0.3) is 0 Å². The molecule has 0 bridgehead atoms. The number of nitrogens with one attached hydrogen (secondary N) is 1. The molecule has 110 valence electrons. The van der Waals surface area contributed by atoms with Gasteiger partial charge in [-0.05, 0) is 55.8 Å². The molecular formula is C17H19NO3. The van der Waals surface area contributed by atoms with E-state index in [1.54, 1.807) is 24.3 Å². The van der Waals surface area contributed by atoms with Crippen molar-refractivity contribution in [1.82, 2.24) is 0 Å². The second kappa shape index (κ2) is 6.79. The van der Waals surface area contributed by atoms with Gasteiger partial charge in [-0.2, -0.15) is 0 Å². The lowest BCUT2D eigenvalue weighted by molar-refractivity contribution is 0.0697. The predicted octanol–water partition coefficient (Wildman–Crippen LogP) is 3.78. The molecule has 0 spiro atoms. The Morgan fingerprint density at radius 2 is 1.90 bits per heavy atom. The molecule has 0 aliphatic heterocycles. The van der Waals surface area contributed by atoms with Gasteiger partial charge in [0.1, 0.15) is 5.75 Å². The monoisotopic (exact) mass is 285 g/mol. The van der Waals surface area contributed by atoms with Crippen molar-refractivity contribution in [2.75, 3.05) is 5.32 Å². The number of benzene rings is 2. The number of hydrogen-bond donors (Lipinski definition) is 2. The average molecular weight is 285 g/mol. The molecule has 21 heavy (non-hydrogen) atoms. The molecule has 4 nitrogen and oxygen atoms in total. The minimum Gasteiger partial charge on any atom is -0.491 e. The van der Waals surface area contributed by atoms with E-state index in [1.165, 1.54) is 0 Å². The molecule has 0 fully saturated rings. The van der Waals surface area contributed by atoms with Crippen LogP contribution in [-0.4, -0.2) is 17.2 Å². The fourth-order valence-corrected chi connectivity index (χ4v) is 1.94. The van der Waals surface area contributed by atoms with Crippen LogP contribution in [0.15, 0.2) is 48.5 Å². The van der Waals surface area contributed by atoms with Gasteiger partial charge in [0.15, 0.2) is 0 Å². The van der Waals surface area contributed by atoms with Gasteiger partial charge in [0.05, 0.1) is 11.7 Å². The number of carboxylic acids is 1. The van der Waals surface area contributed by atoms with Crippen molar-refractivity contribution in [3.63, 3.8) is 0 Å². The fourth-order valence-electron chi connectivity index (χ4n) is 1.94. The lowest BCUT2D eigenvalue weighted by Crippen LogP contribution is -2.06. The van der Waals surface area contributed by atoms with Crippen LogP contribution in [0.5, 0.6) is 5.75 Å². The first-order chi connectivity index (χ1) is 10.0. The van der Waals surface area contributed by atoms with Gasteiger partial charge in [-0.15, -0.1) is 0 Å². The Morgan fingerprint density at radius 3 is 2.52 bits per heavy atom. The van der Waals surface area contributed by atoms with E-state index in [4.69, 9.17) is 9.84 Å². The van der Waals surface area contributed by atoms with Gasteiger partial charge in [-0.25, -0.2) is 4.79 Å². The predicted molar refractivity (Wildman–Crippen MR) is 82.9 cm³/mol. The molecule has 0 aromatic heterocycles. The molecule has 0 aliphatic carbocycles. The first-order valence-electron chi connectivity index (χ1n) is 6.87. The third kappa shape index (κ3) is 4.53. The maximum absolute atomic E-state index is 10.8. The lowest BCUT2D eigenvalue weighted by Gasteiger charge is -2.12. The van der Waals surface area contributed by atoms with E-state index < -0.39 is 5.97 Å². The van der Waals surface area contributed by atoms with Crippen LogP contribution in [0.2, 0.25) is 0 Å². The van der Waals surface area contributed by atoms with Crippen molar-refractivity contribution in [1.29, 1.82) is 0 Å². The van der Waals surface area contributed by atoms with Crippen molar-refractivity contribution < 1.29 is 14.6 Å². The molecule has 0 atom stereocenters. The summed E-state index contributed by atoms with van der Waals surface area (Å²) in [6.07, 6.45) is 0.150. The molecule has 0 amide bonds. The van der Waals surface area contributed by atoms with E-state index in [0.717, 1.165) is 17.0 Å². The molecule has 2 aromatic rings. The Labute approximate surface area is 124 Å². The molecule has 0 saturated heterocycles. The Kier molecular flexibility index (Phi) is 4.82. The standard InChI is InChI=1S/C17H19NO3/c1-12(2)21-16-5-3-4-13(10-16)11-18-15-8-6-14(7-9-15)17(19)20/h3-10,12,18H,11H2,1-2H3,(H,19,20). The molecular weight excluding hydrogens is 266 g/mol. The van der Waals surface area contributed by atoms with Gasteiger partial charge >= 0.3 is 5.97 Å². The molecule has 0 heterocycles. The van der Waals surface area contributed by atoms with Crippen LogP contribution in [-0.2, 0) is 6.54 Å². The van der Waals surface area contributed by atoms with E-state index in [9.17, 15) is 4.79 Å². The summed E-state index contributed by atoms with van der Waals surface area (Å²) in [5.74, 6) is -0.0642. The molecule has 0 unspecified atom stereocenters. The third-order valence-electron chi connectivity index (χ3n) is 2.90. The highest BCUT2D eigenvalue weighted by atomic mass is 16.5. The van der Waals surface area contributed by atoms with E-state index in [1.807, 2.05) is 38.1 Å². The van der Waals surface area contributed by atoms with Crippen molar-refractivity contribution in [2.24, 2.45) is 0 Å². The summed E-state index contributed by atoms with van der Waals surface area (Å²) in [5.41, 5.74) is 2.28. The first-order valence-corrected chi connectivity index (χ1v) is 6.87. The quantitative estimate of drug-likeness (QED) is 0.848. The van der Waals surface area contributed by atoms with E-state index >= 15 is 0 Å². The molecule has 0 aliphatic rings. The van der Waals surface area contributed by atoms with Crippen LogP contribution >= 0.6 is 0 Å². The number of aromatic carboxylic acids is 1. The maximum atomic E-state index is 10.8. The summed E-state index contributed by atoms with van der Waals surface area (Å²) in [7, 11) is 0. The second-order valence-corrected chi connectivity index (χ2v) is 5.05. The first kappa shape index (κ1) is 14.9. The van der Waals surface area contributed by atoms with Crippen molar-refractivity contribution in [2.45, 2.75) is 26.5 Å². The summed E-state index contributed by atoms with van der Waals surface area (Å²) < 4.78 is 5.66. The number of rotatable bonds is 6. The number of carboxylic acid groups (broad SMARTS) is 1. The molecule has 4 heteroatoms. The largest absolute Gasteiger partial charge is 0.491 e. The number of carbonyl (C=O) groups is 1. The molecule has 0 saturated carbocycles. The smallest absolute Gasteiger partial charge is 0.335 e. The number of anilines is 1. The van der Waals surface area contributed by atoms with E-state index in [2.05, 4.69) is 5.32 Å². The molecule has 2 N–H and O–H groups in total. The summed E-state index contributed by atoms with van der Waals surface area (Å²) in [5, 5.41) is 12.1. The van der Waals surface area contributed by atoms with E-state index in [0.29, 0.717) is 6.54 Å². The van der Waals surface area contributed by atoms with Crippen LogP contribution in [0.1, 0.15) is 29.8 Å². The fraction of sp³-hybridized carbons (Fsp3) is 0.235. The van der Waals surface area contributed by atoms with Crippen LogP contribution in [0.25, 0.3) is 0 Å². The third-order valence-corrected chi connectivity index (χ3v) is 2.90. The van der Waals surface area contributed by atoms with Gasteiger partial charge in [-0.1, -0.05) is 12.1 Å². The van der Waals surface area contributed by atoms with Crippen LogP contribution in [0.3, 0.4) is 0 Å². The van der Waals surface area contributed by atoms with Crippen LogP contribution < -0.4 is 10.1 Å². The highest BCUT2D eigenvalue weighted by molar-refractivity contribution is 5.87. The van der Waals surface area contributed by atoms with E-state index in [-0.39, 0.29) is 11.7 Å². The Hall–Kier alpha value is -2.49. The SMILES string of the molecule is CC(C)Oc1cccc(CNc2ccc(C(=O)O)cc2)c1. The van der Waals surface area contributed by atoms with Gasteiger partial charge in [0, 0.05) is 12.2 Å². The molecule has 2 aromatic carbocycles. The maximum Gasteiger partial charge on any atom is 0.335 e. The van der Waals surface area contributed by atoms with Crippen LogP contribution in [0.4, 0.5) is 5.69 Å². The zero-order valence-corrected chi connectivity index (χ0v) is 12.2. The van der Waals surface area contributed by atoms with Crippen molar-refractivity contribution in [3.8, 4) is 5.75 Å². The Bertz CT molecular complexity index is 606. The zero-order valence-electron chi connectivity index (χ0n) is 12.2. The molecule has 0 radical (unpaired) electrons. The summed E-state index contributed by atoms with van der Waals surface area (Å²) in [4.78, 5) is 10.8. The number of ether oxygens (including phenoxy) is 1. The highest BCUT2D eigenvalue weighted by Gasteiger charge is 2.02. The topological polar surface area (TPSA) is 58.6 Å². The van der Waals surface area contributed by atoms with Crippen LogP contribution in [0, 0.1) is 0 Å². The minimum atomic E-state index is -0.917. The summed E-state index contributed by atoms with van der Waals surface area (Å²) in [6, 6.07) is 14.6. The Balaban J connectivity index is 1.97. The highest BCUT2D eigenvalue weighted by Crippen LogP contribution is 2.17. The minimum absolute atomic E-state index is 0.150. The van der Waals surface area contributed by atoms with Gasteiger partial charge < -0.3 is 15.2 Å². The number of hydrogen-bond acceptors (Lipinski definition) is 3. The summed E-state index contributed by atoms with van der Waals surface area (Å²) >= 11 is 0. The average Bonchev–Trinajstić information content (AvgIpc) is 2.45. The summed E-state index contributed by atoms with van der Waals surface area (Å²) in [6.45, 7) is 4.64. The zero-order chi connectivity index (χ0) is 15.2. The normalized spacial score (nSPS) is 10.4. The second-order valence-electron chi connectivity index (χ2n) is 5.05. The lowest BCUT2D eigenvalue weighted by atomic mass is 10.2. The van der Waals surface area contributed by atoms with Crippen molar-refractivity contribution in [3.05, 3.63) is 59.7 Å². The van der Waals surface area contributed by atoms with Gasteiger partial charge in [-0.3, -0.25) is 0 Å². The van der Waals surface area contributed by atoms with Crippen molar-refractivity contribution >= 4 is 11.7 Å². The molecule has 2 rings (SSSR count).